The molecule has 0 fully saturated rings. The highest BCUT2D eigenvalue weighted by Crippen LogP contribution is 2.26. The lowest BCUT2D eigenvalue weighted by molar-refractivity contribution is 0.340. The minimum Gasteiger partial charge on any atom is -0.494 e. The number of rotatable bonds is 4. The van der Waals surface area contributed by atoms with Crippen LogP contribution in [0, 0.1) is 5.82 Å². The maximum atomic E-state index is 13.7. The first kappa shape index (κ1) is 13.8. The molecule has 0 saturated carbocycles. The van der Waals surface area contributed by atoms with E-state index in [-0.39, 0.29) is 5.82 Å². The van der Waals surface area contributed by atoms with Crippen LogP contribution in [0.15, 0.2) is 42.5 Å². The Morgan fingerprint density at radius 3 is 2.53 bits per heavy atom. The molecule has 0 saturated heterocycles. The third-order valence-corrected chi connectivity index (χ3v) is 3.08. The SMILES string of the molecule is CCOc1ccc(C(N)c2cc(Cl)ccc2F)cc1. The quantitative estimate of drug-likeness (QED) is 0.920. The molecule has 4 heteroatoms. The summed E-state index contributed by atoms with van der Waals surface area (Å²) in [5, 5.41) is 0.470. The lowest BCUT2D eigenvalue weighted by Gasteiger charge is -2.14. The molecule has 0 aromatic heterocycles. The number of hydrogen-bond donors (Lipinski definition) is 1. The molecule has 2 aromatic rings. The Hall–Kier alpha value is -1.58. The van der Waals surface area contributed by atoms with E-state index >= 15 is 0 Å². The maximum absolute atomic E-state index is 13.7. The zero-order chi connectivity index (χ0) is 13.8. The molecule has 1 unspecified atom stereocenters. The Balaban J connectivity index is 2.27. The average molecular weight is 280 g/mol. The van der Waals surface area contributed by atoms with Gasteiger partial charge in [-0.2, -0.15) is 0 Å². The summed E-state index contributed by atoms with van der Waals surface area (Å²) in [5.41, 5.74) is 7.27. The van der Waals surface area contributed by atoms with Crippen LogP contribution in [0.4, 0.5) is 4.39 Å². The molecule has 100 valence electrons. The van der Waals surface area contributed by atoms with Crippen molar-refractivity contribution in [2.45, 2.75) is 13.0 Å². The van der Waals surface area contributed by atoms with Gasteiger partial charge in [0.05, 0.1) is 12.6 Å². The second kappa shape index (κ2) is 6.04. The van der Waals surface area contributed by atoms with Crippen LogP contribution in [0.3, 0.4) is 0 Å². The smallest absolute Gasteiger partial charge is 0.128 e. The van der Waals surface area contributed by atoms with Crippen LogP contribution in [0.5, 0.6) is 5.75 Å². The molecule has 2 nitrogen and oxygen atoms in total. The monoisotopic (exact) mass is 279 g/mol. The van der Waals surface area contributed by atoms with Crippen molar-refractivity contribution < 1.29 is 9.13 Å². The first-order valence-corrected chi connectivity index (χ1v) is 6.43. The highest BCUT2D eigenvalue weighted by Gasteiger charge is 2.14. The molecule has 0 radical (unpaired) electrons. The third-order valence-electron chi connectivity index (χ3n) is 2.84. The molecule has 0 aliphatic heterocycles. The first-order valence-electron chi connectivity index (χ1n) is 6.05. The summed E-state index contributed by atoms with van der Waals surface area (Å²) in [4.78, 5) is 0. The molecule has 0 bridgehead atoms. The summed E-state index contributed by atoms with van der Waals surface area (Å²) >= 11 is 5.87. The van der Waals surface area contributed by atoms with Crippen LogP contribution in [-0.2, 0) is 0 Å². The van der Waals surface area contributed by atoms with Crippen molar-refractivity contribution in [1.29, 1.82) is 0 Å². The van der Waals surface area contributed by atoms with E-state index in [1.165, 1.54) is 12.1 Å². The molecule has 2 N–H and O–H groups in total. The van der Waals surface area contributed by atoms with Gasteiger partial charge in [-0.1, -0.05) is 23.7 Å². The van der Waals surface area contributed by atoms with Gasteiger partial charge in [-0.05, 0) is 42.8 Å². The molecule has 1 atom stereocenters. The largest absolute Gasteiger partial charge is 0.494 e. The summed E-state index contributed by atoms with van der Waals surface area (Å²) in [5.74, 6) is 0.413. The topological polar surface area (TPSA) is 35.2 Å². The van der Waals surface area contributed by atoms with Gasteiger partial charge < -0.3 is 10.5 Å². The summed E-state index contributed by atoms with van der Waals surface area (Å²) in [7, 11) is 0. The van der Waals surface area contributed by atoms with E-state index in [1.807, 2.05) is 31.2 Å². The summed E-state index contributed by atoms with van der Waals surface area (Å²) in [6.07, 6.45) is 0. The van der Waals surface area contributed by atoms with Crippen LogP contribution in [0.25, 0.3) is 0 Å². The second-order valence-corrected chi connectivity index (χ2v) is 4.58. The molecular formula is C15H15ClFNO. The van der Waals surface area contributed by atoms with Crippen molar-refractivity contribution in [3.8, 4) is 5.75 Å². The Kier molecular flexibility index (Phi) is 4.40. The Morgan fingerprint density at radius 2 is 1.89 bits per heavy atom. The van der Waals surface area contributed by atoms with E-state index in [0.29, 0.717) is 17.2 Å². The molecule has 0 aliphatic carbocycles. The first-order chi connectivity index (χ1) is 9.11. The third kappa shape index (κ3) is 3.25. The van der Waals surface area contributed by atoms with E-state index in [0.717, 1.165) is 11.3 Å². The van der Waals surface area contributed by atoms with Gasteiger partial charge in [0, 0.05) is 10.6 Å². The molecule has 2 rings (SSSR count). The fraction of sp³-hybridized carbons (Fsp3) is 0.200. The number of halogens is 2. The Bertz CT molecular complexity index is 557. The maximum Gasteiger partial charge on any atom is 0.128 e. The van der Waals surface area contributed by atoms with Crippen LogP contribution >= 0.6 is 11.6 Å². The van der Waals surface area contributed by atoms with Crippen LogP contribution in [0.1, 0.15) is 24.1 Å². The van der Waals surface area contributed by atoms with Crippen molar-refractivity contribution in [2.24, 2.45) is 5.73 Å². The molecule has 0 aliphatic rings. The summed E-state index contributed by atoms with van der Waals surface area (Å²) < 4.78 is 19.1. The van der Waals surface area contributed by atoms with Crippen molar-refractivity contribution in [2.75, 3.05) is 6.61 Å². The van der Waals surface area contributed by atoms with E-state index in [4.69, 9.17) is 22.1 Å². The average Bonchev–Trinajstić information content (AvgIpc) is 2.42. The Labute approximate surface area is 117 Å². The zero-order valence-corrected chi connectivity index (χ0v) is 11.3. The van der Waals surface area contributed by atoms with E-state index in [2.05, 4.69) is 0 Å². The lowest BCUT2D eigenvalue weighted by Crippen LogP contribution is -2.13. The van der Waals surface area contributed by atoms with Crippen LogP contribution in [-0.4, -0.2) is 6.61 Å². The highest BCUT2D eigenvalue weighted by molar-refractivity contribution is 6.30. The minimum atomic E-state index is -0.547. The molecule has 0 amide bonds. The predicted molar refractivity (Wildman–Crippen MR) is 75.1 cm³/mol. The minimum absolute atomic E-state index is 0.356. The molecule has 0 spiro atoms. The van der Waals surface area contributed by atoms with Crippen molar-refractivity contribution in [1.82, 2.24) is 0 Å². The van der Waals surface area contributed by atoms with Gasteiger partial charge >= 0.3 is 0 Å². The summed E-state index contributed by atoms with van der Waals surface area (Å²) in [6, 6.07) is 11.1. The van der Waals surface area contributed by atoms with Gasteiger partial charge in [-0.25, -0.2) is 4.39 Å². The molecule has 19 heavy (non-hydrogen) atoms. The fourth-order valence-corrected chi connectivity index (χ4v) is 2.05. The van der Waals surface area contributed by atoms with E-state index < -0.39 is 6.04 Å². The second-order valence-electron chi connectivity index (χ2n) is 4.15. The van der Waals surface area contributed by atoms with Gasteiger partial charge in [0.1, 0.15) is 11.6 Å². The standard InChI is InChI=1S/C15H15ClFNO/c1-2-19-12-6-3-10(4-7-12)15(18)13-9-11(16)5-8-14(13)17/h3-9,15H,2,18H2,1H3. The number of benzene rings is 2. The Morgan fingerprint density at radius 1 is 1.21 bits per heavy atom. The van der Waals surface area contributed by atoms with Gasteiger partial charge in [0.15, 0.2) is 0 Å². The van der Waals surface area contributed by atoms with Crippen LogP contribution < -0.4 is 10.5 Å². The van der Waals surface area contributed by atoms with Crippen LogP contribution in [0.2, 0.25) is 5.02 Å². The number of hydrogen-bond acceptors (Lipinski definition) is 2. The predicted octanol–water partition coefficient (Wildman–Crippen LogP) is 3.93. The summed E-state index contributed by atoms with van der Waals surface area (Å²) in [6.45, 7) is 2.52. The molecule has 2 aromatic carbocycles. The zero-order valence-electron chi connectivity index (χ0n) is 10.6. The highest BCUT2D eigenvalue weighted by atomic mass is 35.5. The van der Waals surface area contributed by atoms with Gasteiger partial charge in [0.2, 0.25) is 0 Å². The number of nitrogens with two attached hydrogens (primary N) is 1. The number of ether oxygens (including phenoxy) is 1. The van der Waals surface area contributed by atoms with Crippen molar-refractivity contribution in [3.05, 3.63) is 64.4 Å². The van der Waals surface area contributed by atoms with Gasteiger partial charge in [0.25, 0.3) is 0 Å². The van der Waals surface area contributed by atoms with Gasteiger partial charge in [-0.15, -0.1) is 0 Å². The van der Waals surface area contributed by atoms with Crippen molar-refractivity contribution >= 4 is 11.6 Å². The fourth-order valence-electron chi connectivity index (χ4n) is 1.87. The molecule has 0 heterocycles. The van der Waals surface area contributed by atoms with Gasteiger partial charge in [-0.3, -0.25) is 0 Å². The molecular weight excluding hydrogens is 265 g/mol. The van der Waals surface area contributed by atoms with E-state index in [1.54, 1.807) is 6.07 Å². The van der Waals surface area contributed by atoms with E-state index in [9.17, 15) is 4.39 Å². The lowest BCUT2D eigenvalue weighted by atomic mass is 9.99. The van der Waals surface area contributed by atoms with Crippen molar-refractivity contribution in [3.63, 3.8) is 0 Å². The normalized spacial score (nSPS) is 12.2.